The predicted octanol–water partition coefficient (Wildman–Crippen LogP) is 2.82. The highest BCUT2D eigenvalue weighted by molar-refractivity contribution is 7.15. The largest absolute Gasteiger partial charge is 0.491 e. The number of ether oxygens (including phenoxy) is 1. The summed E-state index contributed by atoms with van der Waals surface area (Å²) >= 11 is 1.43. The molecule has 2 heterocycles. The molecule has 3 aromatic rings. The van der Waals surface area contributed by atoms with Crippen LogP contribution in [0.25, 0.3) is 4.96 Å². The average molecular weight is 371 g/mol. The van der Waals surface area contributed by atoms with Crippen LogP contribution in [0, 0.1) is 6.92 Å². The molecule has 0 radical (unpaired) electrons. The maximum atomic E-state index is 12.3. The lowest BCUT2D eigenvalue weighted by Crippen LogP contribution is -2.26. The highest BCUT2D eigenvalue weighted by atomic mass is 32.1. The molecule has 1 N–H and O–H groups in total. The Morgan fingerprint density at radius 1 is 1.31 bits per heavy atom. The molecule has 0 aliphatic heterocycles. The van der Waals surface area contributed by atoms with Crippen molar-refractivity contribution in [2.24, 2.45) is 0 Å². The summed E-state index contributed by atoms with van der Waals surface area (Å²) in [5, 5.41) is 4.79. The third kappa shape index (κ3) is 4.11. The maximum absolute atomic E-state index is 12.3. The van der Waals surface area contributed by atoms with E-state index in [1.807, 2.05) is 19.2 Å². The molecule has 136 valence electrons. The van der Waals surface area contributed by atoms with Crippen molar-refractivity contribution in [3.8, 4) is 5.75 Å². The Hall–Kier alpha value is -2.67. The SMILES string of the molecule is Cc1cc(=O)n2c(CCNC(=O)c3ccc(OC(C)C)cc3)csc2n1. The number of nitrogens with one attached hydrogen (secondary N) is 1. The number of thiazole rings is 1. The van der Waals surface area contributed by atoms with Crippen LogP contribution in [-0.4, -0.2) is 27.9 Å². The number of aryl methyl sites for hydroxylation is 1. The van der Waals surface area contributed by atoms with Gasteiger partial charge in [0.1, 0.15) is 5.75 Å². The standard InChI is InChI=1S/C19H21N3O3S/c1-12(2)25-16-6-4-14(5-7-16)18(24)20-9-8-15-11-26-19-21-13(3)10-17(23)22(15)19/h4-7,10-12H,8-9H2,1-3H3,(H,20,24). The van der Waals surface area contributed by atoms with E-state index in [-0.39, 0.29) is 17.6 Å². The van der Waals surface area contributed by atoms with Gasteiger partial charge in [-0.25, -0.2) is 4.98 Å². The van der Waals surface area contributed by atoms with Crippen molar-refractivity contribution < 1.29 is 9.53 Å². The van der Waals surface area contributed by atoms with Crippen molar-refractivity contribution in [2.45, 2.75) is 33.3 Å². The van der Waals surface area contributed by atoms with Gasteiger partial charge in [0, 0.05) is 41.4 Å². The maximum Gasteiger partial charge on any atom is 0.258 e. The van der Waals surface area contributed by atoms with Crippen LogP contribution in [0.4, 0.5) is 0 Å². The van der Waals surface area contributed by atoms with E-state index in [2.05, 4.69) is 10.3 Å². The van der Waals surface area contributed by atoms with Gasteiger partial charge in [0.25, 0.3) is 11.5 Å². The van der Waals surface area contributed by atoms with E-state index in [0.29, 0.717) is 29.2 Å². The summed E-state index contributed by atoms with van der Waals surface area (Å²) in [6, 6.07) is 8.57. The molecular weight excluding hydrogens is 350 g/mol. The number of hydrogen-bond donors (Lipinski definition) is 1. The van der Waals surface area contributed by atoms with Gasteiger partial charge in [-0.3, -0.25) is 14.0 Å². The zero-order chi connectivity index (χ0) is 18.7. The lowest BCUT2D eigenvalue weighted by molar-refractivity contribution is 0.0954. The van der Waals surface area contributed by atoms with Crippen molar-refractivity contribution in [2.75, 3.05) is 6.54 Å². The number of fused-ring (bicyclic) bond motifs is 1. The minimum absolute atomic E-state index is 0.0872. The fraction of sp³-hybridized carbons (Fsp3) is 0.316. The molecule has 6 nitrogen and oxygen atoms in total. The number of rotatable bonds is 6. The first-order valence-electron chi connectivity index (χ1n) is 8.46. The molecule has 0 spiro atoms. The van der Waals surface area contributed by atoms with Gasteiger partial charge in [-0.05, 0) is 45.0 Å². The van der Waals surface area contributed by atoms with Gasteiger partial charge in [-0.1, -0.05) is 0 Å². The minimum Gasteiger partial charge on any atom is -0.491 e. The summed E-state index contributed by atoms with van der Waals surface area (Å²) in [7, 11) is 0. The summed E-state index contributed by atoms with van der Waals surface area (Å²) in [6.07, 6.45) is 0.655. The van der Waals surface area contributed by atoms with Crippen molar-refractivity contribution in [3.63, 3.8) is 0 Å². The van der Waals surface area contributed by atoms with E-state index in [0.717, 1.165) is 11.4 Å². The van der Waals surface area contributed by atoms with Crippen LogP contribution < -0.4 is 15.6 Å². The molecule has 1 amide bonds. The molecule has 26 heavy (non-hydrogen) atoms. The van der Waals surface area contributed by atoms with Gasteiger partial charge >= 0.3 is 0 Å². The fourth-order valence-corrected chi connectivity index (χ4v) is 3.60. The third-order valence-electron chi connectivity index (χ3n) is 3.76. The van der Waals surface area contributed by atoms with Crippen LogP contribution in [-0.2, 0) is 6.42 Å². The van der Waals surface area contributed by atoms with Gasteiger partial charge < -0.3 is 10.1 Å². The van der Waals surface area contributed by atoms with Crippen LogP contribution in [0.2, 0.25) is 0 Å². The van der Waals surface area contributed by atoms with Crippen molar-refractivity contribution in [1.82, 2.24) is 14.7 Å². The second-order valence-corrected chi connectivity index (χ2v) is 7.11. The first-order valence-corrected chi connectivity index (χ1v) is 9.33. The Bertz CT molecular complexity index is 974. The first kappa shape index (κ1) is 18.1. The molecule has 0 aliphatic rings. The van der Waals surface area contributed by atoms with Crippen molar-refractivity contribution in [1.29, 1.82) is 0 Å². The number of benzene rings is 1. The van der Waals surface area contributed by atoms with Crippen LogP contribution in [0.15, 0.2) is 40.5 Å². The van der Waals surface area contributed by atoms with Gasteiger partial charge in [0.05, 0.1) is 6.10 Å². The summed E-state index contributed by atoms with van der Waals surface area (Å²) < 4.78 is 7.17. The molecule has 1 aromatic carbocycles. The summed E-state index contributed by atoms with van der Waals surface area (Å²) in [6.45, 7) is 6.15. The molecule has 0 fully saturated rings. The Kier molecular flexibility index (Phi) is 5.37. The van der Waals surface area contributed by atoms with E-state index < -0.39 is 0 Å². The molecule has 2 aromatic heterocycles. The van der Waals surface area contributed by atoms with E-state index in [4.69, 9.17) is 4.74 Å². The molecule has 0 saturated heterocycles. The van der Waals surface area contributed by atoms with Crippen LogP contribution in [0.1, 0.15) is 35.6 Å². The quantitative estimate of drug-likeness (QED) is 0.723. The Balaban J connectivity index is 1.61. The van der Waals surface area contributed by atoms with E-state index in [9.17, 15) is 9.59 Å². The lowest BCUT2D eigenvalue weighted by atomic mass is 10.2. The van der Waals surface area contributed by atoms with Gasteiger partial charge in [-0.15, -0.1) is 11.3 Å². The molecule has 0 atom stereocenters. The number of amides is 1. The number of carbonyl (C=O) groups excluding carboxylic acids is 1. The molecule has 0 bridgehead atoms. The van der Waals surface area contributed by atoms with Crippen LogP contribution in [0.5, 0.6) is 5.75 Å². The molecule has 3 rings (SSSR count). The molecule has 0 saturated carbocycles. The highest BCUT2D eigenvalue weighted by Gasteiger charge is 2.10. The van der Waals surface area contributed by atoms with Gasteiger partial charge in [0.2, 0.25) is 0 Å². The molecule has 0 unspecified atom stereocenters. The Labute approximate surface area is 155 Å². The number of nitrogens with zero attached hydrogens (tertiary/aromatic N) is 2. The topological polar surface area (TPSA) is 72.7 Å². The second-order valence-electron chi connectivity index (χ2n) is 6.28. The monoisotopic (exact) mass is 371 g/mol. The molecule has 0 aliphatic carbocycles. The summed E-state index contributed by atoms with van der Waals surface area (Å²) in [5.41, 5.74) is 2.05. The Morgan fingerprint density at radius 3 is 2.73 bits per heavy atom. The highest BCUT2D eigenvalue weighted by Crippen LogP contribution is 2.15. The number of carbonyl (C=O) groups is 1. The Morgan fingerprint density at radius 2 is 2.04 bits per heavy atom. The smallest absolute Gasteiger partial charge is 0.258 e. The molecule has 7 heteroatoms. The fourth-order valence-electron chi connectivity index (χ4n) is 2.62. The van der Waals surface area contributed by atoms with Crippen molar-refractivity contribution >= 4 is 22.2 Å². The lowest BCUT2D eigenvalue weighted by Gasteiger charge is -2.10. The summed E-state index contributed by atoms with van der Waals surface area (Å²) in [5.74, 6) is 0.588. The minimum atomic E-state index is -0.151. The predicted molar refractivity (Wildman–Crippen MR) is 102 cm³/mol. The van der Waals surface area contributed by atoms with E-state index >= 15 is 0 Å². The normalized spacial score (nSPS) is 11.1. The van der Waals surface area contributed by atoms with Crippen LogP contribution >= 0.6 is 11.3 Å². The van der Waals surface area contributed by atoms with Gasteiger partial charge in [0.15, 0.2) is 4.96 Å². The average Bonchev–Trinajstić information content (AvgIpc) is 2.98. The van der Waals surface area contributed by atoms with E-state index in [1.165, 1.54) is 17.4 Å². The van der Waals surface area contributed by atoms with E-state index in [1.54, 1.807) is 35.6 Å². The molecular formula is C19H21N3O3S. The zero-order valence-corrected chi connectivity index (χ0v) is 15.8. The third-order valence-corrected chi connectivity index (χ3v) is 4.63. The first-order chi connectivity index (χ1) is 12.4. The van der Waals surface area contributed by atoms with Crippen LogP contribution in [0.3, 0.4) is 0 Å². The summed E-state index contributed by atoms with van der Waals surface area (Å²) in [4.78, 5) is 29.4. The number of aromatic nitrogens is 2. The number of hydrogen-bond acceptors (Lipinski definition) is 5. The van der Waals surface area contributed by atoms with Gasteiger partial charge in [-0.2, -0.15) is 0 Å². The zero-order valence-electron chi connectivity index (χ0n) is 15.0. The van der Waals surface area contributed by atoms with Crippen molar-refractivity contribution in [3.05, 3.63) is 63.0 Å². The second kappa shape index (κ2) is 7.70.